The van der Waals surface area contributed by atoms with Crippen molar-refractivity contribution in [3.05, 3.63) is 0 Å². The van der Waals surface area contributed by atoms with E-state index in [2.05, 4.69) is 10.2 Å². The molecule has 3 rings (SSSR count). The molecule has 0 amide bonds. The predicted molar refractivity (Wildman–Crippen MR) is 67.6 cm³/mol. The van der Waals surface area contributed by atoms with Crippen LogP contribution in [0.4, 0.5) is 0 Å². The fraction of sp³-hybridized carbons (Fsp3) is 1.00. The van der Waals surface area contributed by atoms with Gasteiger partial charge in [-0.2, -0.15) is 0 Å². The van der Waals surface area contributed by atoms with E-state index in [9.17, 15) is 0 Å². The van der Waals surface area contributed by atoms with Crippen LogP contribution < -0.4 is 5.32 Å². The van der Waals surface area contributed by atoms with Gasteiger partial charge in [0.1, 0.15) is 0 Å². The van der Waals surface area contributed by atoms with Crippen molar-refractivity contribution in [3.63, 3.8) is 0 Å². The monoisotopic (exact) mass is 222 g/mol. The van der Waals surface area contributed by atoms with Gasteiger partial charge in [-0.1, -0.05) is 25.7 Å². The molecule has 2 nitrogen and oxygen atoms in total. The van der Waals surface area contributed by atoms with Crippen LogP contribution in [0.5, 0.6) is 0 Å². The fourth-order valence-electron chi connectivity index (χ4n) is 4.03. The lowest BCUT2D eigenvalue weighted by Gasteiger charge is -2.26. The van der Waals surface area contributed by atoms with Crippen molar-refractivity contribution in [1.82, 2.24) is 10.2 Å². The van der Waals surface area contributed by atoms with E-state index in [0.29, 0.717) is 0 Å². The van der Waals surface area contributed by atoms with Gasteiger partial charge in [0.05, 0.1) is 0 Å². The van der Waals surface area contributed by atoms with E-state index in [-0.39, 0.29) is 0 Å². The largest absolute Gasteiger partial charge is 0.310 e. The molecule has 0 bridgehead atoms. The zero-order chi connectivity index (χ0) is 10.8. The molecule has 2 atom stereocenters. The molecule has 1 saturated carbocycles. The fourth-order valence-corrected chi connectivity index (χ4v) is 4.03. The second-order valence-electron chi connectivity index (χ2n) is 6.00. The Morgan fingerprint density at radius 2 is 1.56 bits per heavy atom. The van der Waals surface area contributed by atoms with E-state index >= 15 is 0 Å². The van der Waals surface area contributed by atoms with E-state index < -0.39 is 0 Å². The van der Waals surface area contributed by atoms with Gasteiger partial charge in [0.15, 0.2) is 0 Å². The summed E-state index contributed by atoms with van der Waals surface area (Å²) in [6.45, 7) is 2.72. The van der Waals surface area contributed by atoms with Crippen LogP contribution in [-0.4, -0.2) is 36.1 Å². The average molecular weight is 222 g/mol. The molecule has 0 aromatic rings. The summed E-state index contributed by atoms with van der Waals surface area (Å²) in [6.07, 6.45) is 13.0. The van der Waals surface area contributed by atoms with Crippen molar-refractivity contribution in [2.24, 2.45) is 0 Å². The molecule has 92 valence electrons. The van der Waals surface area contributed by atoms with Crippen LogP contribution in [0.2, 0.25) is 0 Å². The second kappa shape index (κ2) is 5.05. The number of hydrogen-bond acceptors (Lipinski definition) is 2. The van der Waals surface area contributed by atoms with Gasteiger partial charge in [0.25, 0.3) is 0 Å². The highest BCUT2D eigenvalue weighted by Gasteiger charge is 2.37. The van der Waals surface area contributed by atoms with Gasteiger partial charge in [-0.25, -0.2) is 0 Å². The van der Waals surface area contributed by atoms with Crippen LogP contribution in [-0.2, 0) is 0 Å². The molecule has 0 aromatic heterocycles. The van der Waals surface area contributed by atoms with Crippen LogP contribution in [0.1, 0.15) is 57.8 Å². The lowest BCUT2D eigenvalue weighted by Crippen LogP contribution is -2.44. The molecule has 16 heavy (non-hydrogen) atoms. The highest BCUT2D eigenvalue weighted by atomic mass is 15.2. The number of nitrogens with zero attached hydrogens (tertiary/aromatic N) is 1. The Labute approximate surface area is 99.8 Å². The number of fused-ring (bicyclic) bond motifs is 1. The minimum absolute atomic E-state index is 0.825. The highest BCUT2D eigenvalue weighted by Crippen LogP contribution is 2.29. The maximum atomic E-state index is 3.99. The third-order valence-electron chi connectivity index (χ3n) is 4.91. The van der Waals surface area contributed by atoms with Gasteiger partial charge in [0.2, 0.25) is 0 Å². The molecule has 2 heterocycles. The summed E-state index contributed by atoms with van der Waals surface area (Å²) < 4.78 is 0. The first-order valence-electron chi connectivity index (χ1n) is 7.43. The highest BCUT2D eigenvalue weighted by molar-refractivity contribution is 4.96. The molecule has 2 unspecified atom stereocenters. The second-order valence-corrected chi connectivity index (χ2v) is 6.00. The zero-order valence-corrected chi connectivity index (χ0v) is 10.5. The Kier molecular flexibility index (Phi) is 3.49. The van der Waals surface area contributed by atoms with Crippen molar-refractivity contribution in [3.8, 4) is 0 Å². The maximum absolute atomic E-state index is 3.99. The van der Waals surface area contributed by atoms with Crippen LogP contribution in [0.3, 0.4) is 0 Å². The zero-order valence-electron chi connectivity index (χ0n) is 10.5. The third-order valence-corrected chi connectivity index (χ3v) is 4.91. The molecule has 1 aliphatic carbocycles. The summed E-state index contributed by atoms with van der Waals surface area (Å²) in [5, 5.41) is 3.99. The topological polar surface area (TPSA) is 15.3 Å². The Hall–Kier alpha value is -0.0800. The minimum atomic E-state index is 0.825. The van der Waals surface area contributed by atoms with Crippen LogP contribution in [0, 0.1) is 0 Å². The number of nitrogens with one attached hydrogen (secondary N) is 1. The van der Waals surface area contributed by atoms with Crippen molar-refractivity contribution < 1.29 is 0 Å². The van der Waals surface area contributed by atoms with Crippen molar-refractivity contribution >= 4 is 0 Å². The summed E-state index contributed by atoms with van der Waals surface area (Å²) in [5.41, 5.74) is 0. The van der Waals surface area contributed by atoms with Crippen LogP contribution >= 0.6 is 0 Å². The summed E-state index contributed by atoms with van der Waals surface area (Å²) in [7, 11) is 0. The Bertz CT molecular complexity index is 221. The summed E-state index contributed by atoms with van der Waals surface area (Å²) in [4.78, 5) is 2.72. The van der Waals surface area contributed by atoms with E-state index in [4.69, 9.17) is 0 Å². The molecule has 3 aliphatic rings. The molecule has 3 fully saturated rings. The Balaban J connectivity index is 1.53. The Morgan fingerprint density at radius 3 is 2.38 bits per heavy atom. The van der Waals surface area contributed by atoms with Crippen molar-refractivity contribution in [1.29, 1.82) is 0 Å². The average Bonchev–Trinajstić information content (AvgIpc) is 2.78. The number of rotatable bonds is 2. The van der Waals surface area contributed by atoms with Gasteiger partial charge in [0, 0.05) is 24.7 Å². The van der Waals surface area contributed by atoms with Crippen LogP contribution in [0.25, 0.3) is 0 Å². The van der Waals surface area contributed by atoms with Gasteiger partial charge in [-0.3, -0.25) is 4.90 Å². The number of hydrogen-bond donors (Lipinski definition) is 1. The van der Waals surface area contributed by atoms with Gasteiger partial charge >= 0.3 is 0 Å². The summed E-state index contributed by atoms with van der Waals surface area (Å²) in [6, 6.07) is 2.56. The first kappa shape index (κ1) is 11.0. The smallest absolute Gasteiger partial charge is 0.0250 e. The van der Waals surface area contributed by atoms with Gasteiger partial charge in [-0.05, 0) is 38.6 Å². The van der Waals surface area contributed by atoms with Crippen LogP contribution in [0.15, 0.2) is 0 Å². The molecule has 2 saturated heterocycles. The normalized spacial score (nSPS) is 37.5. The minimum Gasteiger partial charge on any atom is -0.310 e. The standard InChI is InChI=1S/C14H26N2/c1-2-4-7-12(6-3-1)15-13-9-11-16-10-5-8-14(13)16/h12-15H,1-11H2. The lowest BCUT2D eigenvalue weighted by atomic mass is 10.0. The van der Waals surface area contributed by atoms with Gasteiger partial charge in [-0.15, -0.1) is 0 Å². The molecule has 0 spiro atoms. The molecule has 2 heteroatoms. The third kappa shape index (κ3) is 2.28. The SMILES string of the molecule is C1CCCC(NC2CCN3CCCC23)CC1. The van der Waals surface area contributed by atoms with E-state index in [1.807, 2.05) is 0 Å². The van der Waals surface area contributed by atoms with E-state index in [1.54, 1.807) is 0 Å². The first-order valence-corrected chi connectivity index (χ1v) is 7.43. The summed E-state index contributed by atoms with van der Waals surface area (Å²) >= 11 is 0. The molecule has 0 aromatic carbocycles. The van der Waals surface area contributed by atoms with E-state index in [1.165, 1.54) is 70.9 Å². The molecule has 0 radical (unpaired) electrons. The van der Waals surface area contributed by atoms with E-state index in [0.717, 1.165) is 18.1 Å². The predicted octanol–water partition coefficient (Wildman–Crippen LogP) is 2.54. The first-order chi connectivity index (χ1) is 7.93. The van der Waals surface area contributed by atoms with Crippen molar-refractivity contribution in [2.75, 3.05) is 13.1 Å². The maximum Gasteiger partial charge on any atom is 0.0250 e. The van der Waals surface area contributed by atoms with Crippen molar-refractivity contribution in [2.45, 2.75) is 75.9 Å². The van der Waals surface area contributed by atoms with Gasteiger partial charge < -0.3 is 5.32 Å². The molecular formula is C14H26N2. The quantitative estimate of drug-likeness (QED) is 0.722. The summed E-state index contributed by atoms with van der Waals surface area (Å²) in [5.74, 6) is 0. The Morgan fingerprint density at radius 1 is 0.750 bits per heavy atom. The molecule has 1 N–H and O–H groups in total. The lowest BCUT2D eigenvalue weighted by molar-refractivity contribution is 0.282. The molecular weight excluding hydrogens is 196 g/mol. The molecule has 2 aliphatic heterocycles.